The standard InChI is InChI=1S/C33H33N3O4S/c1-21-7-16-29-28(19-21)35-33(41-29)36-32(40)27(25-14-12-24(13-15-25)23-5-3-2-4-6-23)20-22-8-10-26(11-9-22)31(39)34-18-17-30(37)38/h5,7-16,19,27H,2-4,6,17-18,20H2,1H3,(H,34,39)(H,37,38)(H,35,36,40). The Hall–Kier alpha value is -4.30. The summed E-state index contributed by atoms with van der Waals surface area (Å²) >= 11 is 1.46. The lowest BCUT2D eigenvalue weighted by molar-refractivity contribution is -0.136. The number of carboxylic acids is 1. The molecule has 3 N–H and O–H groups in total. The van der Waals surface area contributed by atoms with Crippen LogP contribution in [-0.4, -0.2) is 34.4 Å². The largest absolute Gasteiger partial charge is 0.481 e. The first-order valence-corrected chi connectivity index (χ1v) is 14.7. The highest BCUT2D eigenvalue weighted by Crippen LogP contribution is 2.31. The highest BCUT2D eigenvalue weighted by atomic mass is 32.1. The molecule has 8 heteroatoms. The van der Waals surface area contributed by atoms with Crippen LogP contribution in [0.15, 0.2) is 72.8 Å². The minimum Gasteiger partial charge on any atom is -0.481 e. The number of nitrogens with one attached hydrogen (secondary N) is 2. The van der Waals surface area contributed by atoms with Gasteiger partial charge in [-0.15, -0.1) is 0 Å². The van der Waals surface area contributed by atoms with Crippen LogP contribution in [-0.2, 0) is 16.0 Å². The summed E-state index contributed by atoms with van der Waals surface area (Å²) in [6.45, 7) is 2.08. The number of aryl methyl sites for hydroxylation is 1. The summed E-state index contributed by atoms with van der Waals surface area (Å²) in [5, 5.41) is 15.0. The van der Waals surface area contributed by atoms with E-state index in [1.165, 1.54) is 35.3 Å². The van der Waals surface area contributed by atoms with Gasteiger partial charge in [-0.05, 0) is 91.1 Å². The second-order valence-corrected chi connectivity index (χ2v) is 11.5. The molecule has 1 atom stereocenters. The van der Waals surface area contributed by atoms with E-state index in [1.54, 1.807) is 12.1 Å². The van der Waals surface area contributed by atoms with E-state index in [0.29, 0.717) is 17.1 Å². The van der Waals surface area contributed by atoms with Crippen molar-refractivity contribution < 1.29 is 19.5 Å². The second-order valence-electron chi connectivity index (χ2n) is 10.4. The predicted molar refractivity (Wildman–Crippen MR) is 163 cm³/mol. The van der Waals surface area contributed by atoms with Crippen molar-refractivity contribution in [1.29, 1.82) is 0 Å². The van der Waals surface area contributed by atoms with Gasteiger partial charge in [0, 0.05) is 12.1 Å². The molecular weight excluding hydrogens is 534 g/mol. The van der Waals surface area contributed by atoms with Crippen LogP contribution < -0.4 is 10.6 Å². The van der Waals surface area contributed by atoms with Crippen LogP contribution in [0.3, 0.4) is 0 Å². The van der Waals surface area contributed by atoms with Gasteiger partial charge in [0.2, 0.25) is 5.91 Å². The molecule has 41 heavy (non-hydrogen) atoms. The molecule has 0 bridgehead atoms. The summed E-state index contributed by atoms with van der Waals surface area (Å²) in [5.41, 5.74) is 6.81. The number of allylic oxidation sites excluding steroid dienone is 2. The second kappa shape index (κ2) is 12.9. The van der Waals surface area contributed by atoms with Gasteiger partial charge in [-0.3, -0.25) is 14.4 Å². The zero-order valence-corrected chi connectivity index (χ0v) is 23.8. The summed E-state index contributed by atoms with van der Waals surface area (Å²) in [6.07, 6.45) is 7.25. The topological polar surface area (TPSA) is 108 Å². The van der Waals surface area contributed by atoms with Crippen LogP contribution in [0.1, 0.15) is 70.6 Å². The molecule has 0 radical (unpaired) electrons. The van der Waals surface area contributed by atoms with Gasteiger partial charge >= 0.3 is 5.97 Å². The number of hydrogen-bond donors (Lipinski definition) is 3. The van der Waals surface area contributed by atoms with Crippen molar-refractivity contribution in [3.8, 4) is 0 Å². The van der Waals surface area contributed by atoms with E-state index in [2.05, 4.69) is 33.8 Å². The zero-order valence-electron chi connectivity index (χ0n) is 23.0. The minimum absolute atomic E-state index is 0.0659. The number of nitrogens with zero attached hydrogens (tertiary/aromatic N) is 1. The fourth-order valence-electron chi connectivity index (χ4n) is 5.09. The molecule has 0 fully saturated rings. The number of rotatable bonds is 10. The van der Waals surface area contributed by atoms with E-state index in [0.717, 1.165) is 39.7 Å². The Kier molecular flexibility index (Phi) is 8.89. The van der Waals surface area contributed by atoms with Crippen LogP contribution in [0.2, 0.25) is 0 Å². The molecular formula is C33H33N3O4S. The number of hydrogen-bond acceptors (Lipinski definition) is 5. The van der Waals surface area contributed by atoms with Crippen molar-refractivity contribution in [3.05, 3.63) is 101 Å². The summed E-state index contributed by atoms with van der Waals surface area (Å²) in [4.78, 5) is 41.5. The van der Waals surface area contributed by atoms with Crippen LogP contribution in [0.25, 0.3) is 15.8 Å². The maximum atomic E-state index is 13.7. The molecule has 2 amide bonds. The van der Waals surface area contributed by atoms with Crippen molar-refractivity contribution in [2.45, 2.75) is 51.4 Å². The molecule has 1 heterocycles. The Labute approximate surface area is 243 Å². The van der Waals surface area contributed by atoms with Gasteiger partial charge < -0.3 is 15.7 Å². The molecule has 5 rings (SSSR count). The SMILES string of the molecule is Cc1ccc2sc(NC(=O)C(Cc3ccc(C(=O)NCCC(=O)O)cc3)c3ccc(C4=CCCCC4)cc3)nc2c1. The number of carboxylic acid groups (broad SMARTS) is 1. The third-order valence-corrected chi connectivity index (χ3v) is 8.30. The molecule has 3 aromatic carbocycles. The Morgan fingerprint density at radius 3 is 2.49 bits per heavy atom. The molecule has 0 saturated heterocycles. The third-order valence-electron chi connectivity index (χ3n) is 7.34. The van der Waals surface area contributed by atoms with Crippen molar-refractivity contribution in [1.82, 2.24) is 10.3 Å². The first-order valence-electron chi connectivity index (χ1n) is 13.9. The summed E-state index contributed by atoms with van der Waals surface area (Å²) in [5.74, 6) is -1.89. The van der Waals surface area contributed by atoms with Gasteiger partial charge in [0.25, 0.3) is 5.91 Å². The van der Waals surface area contributed by atoms with Crippen molar-refractivity contribution >= 4 is 50.0 Å². The number of aromatic nitrogens is 1. The lowest BCUT2D eigenvalue weighted by atomic mass is 9.88. The number of amides is 2. The van der Waals surface area contributed by atoms with E-state index in [9.17, 15) is 14.4 Å². The van der Waals surface area contributed by atoms with Crippen molar-refractivity contribution in [2.24, 2.45) is 0 Å². The molecule has 0 aliphatic heterocycles. The zero-order chi connectivity index (χ0) is 28.8. The third kappa shape index (κ3) is 7.27. The number of carbonyl (C=O) groups excluding carboxylic acids is 2. The number of anilines is 1. The molecule has 1 aliphatic rings. The number of carbonyl (C=O) groups is 3. The fourth-order valence-corrected chi connectivity index (χ4v) is 5.94. The maximum absolute atomic E-state index is 13.7. The Morgan fingerprint density at radius 1 is 1.00 bits per heavy atom. The number of aliphatic carboxylic acids is 1. The number of fused-ring (bicyclic) bond motifs is 1. The van der Waals surface area contributed by atoms with Gasteiger partial charge in [-0.25, -0.2) is 4.98 Å². The van der Waals surface area contributed by atoms with E-state index in [-0.39, 0.29) is 24.8 Å². The molecule has 1 aliphatic carbocycles. The van der Waals surface area contributed by atoms with Crippen molar-refractivity contribution in [3.63, 3.8) is 0 Å². The Bertz CT molecular complexity index is 1590. The van der Waals surface area contributed by atoms with E-state index in [1.807, 2.05) is 49.4 Å². The molecule has 1 unspecified atom stereocenters. The lowest BCUT2D eigenvalue weighted by Crippen LogP contribution is -2.26. The highest BCUT2D eigenvalue weighted by Gasteiger charge is 2.23. The average molecular weight is 568 g/mol. The average Bonchev–Trinajstić information content (AvgIpc) is 3.37. The lowest BCUT2D eigenvalue weighted by Gasteiger charge is -2.18. The molecule has 0 spiro atoms. The summed E-state index contributed by atoms with van der Waals surface area (Å²) in [6, 6.07) is 21.5. The smallest absolute Gasteiger partial charge is 0.305 e. The molecule has 7 nitrogen and oxygen atoms in total. The van der Waals surface area contributed by atoms with Crippen LogP contribution in [0, 0.1) is 6.92 Å². The van der Waals surface area contributed by atoms with Crippen LogP contribution in [0.4, 0.5) is 5.13 Å². The number of benzene rings is 3. The fraction of sp³-hybridized carbons (Fsp3) is 0.273. The monoisotopic (exact) mass is 567 g/mol. The first-order chi connectivity index (χ1) is 19.9. The molecule has 1 aromatic heterocycles. The molecule has 4 aromatic rings. The molecule has 210 valence electrons. The highest BCUT2D eigenvalue weighted by molar-refractivity contribution is 7.22. The van der Waals surface area contributed by atoms with Gasteiger partial charge in [-0.1, -0.05) is 59.9 Å². The van der Waals surface area contributed by atoms with Gasteiger partial charge in [0.1, 0.15) is 0 Å². The normalized spacial score (nSPS) is 13.8. The summed E-state index contributed by atoms with van der Waals surface area (Å²) < 4.78 is 1.02. The van der Waals surface area contributed by atoms with Gasteiger partial charge in [-0.2, -0.15) is 0 Å². The van der Waals surface area contributed by atoms with Crippen molar-refractivity contribution in [2.75, 3.05) is 11.9 Å². The van der Waals surface area contributed by atoms with Crippen LogP contribution in [0.5, 0.6) is 0 Å². The van der Waals surface area contributed by atoms with E-state index >= 15 is 0 Å². The Morgan fingerprint density at radius 2 is 1.78 bits per heavy atom. The molecule has 0 saturated carbocycles. The van der Waals surface area contributed by atoms with Gasteiger partial charge in [0.15, 0.2) is 5.13 Å². The number of thiazole rings is 1. The first kappa shape index (κ1) is 28.2. The summed E-state index contributed by atoms with van der Waals surface area (Å²) in [7, 11) is 0. The predicted octanol–water partition coefficient (Wildman–Crippen LogP) is 6.73. The quantitative estimate of drug-likeness (QED) is 0.197. The van der Waals surface area contributed by atoms with E-state index in [4.69, 9.17) is 5.11 Å². The van der Waals surface area contributed by atoms with Crippen LogP contribution >= 0.6 is 11.3 Å². The van der Waals surface area contributed by atoms with E-state index < -0.39 is 11.9 Å². The Balaban J connectivity index is 1.36. The van der Waals surface area contributed by atoms with Gasteiger partial charge in [0.05, 0.1) is 22.6 Å². The minimum atomic E-state index is -0.963. The maximum Gasteiger partial charge on any atom is 0.305 e.